The van der Waals surface area contributed by atoms with Gasteiger partial charge in [-0.1, -0.05) is 0 Å². The number of rotatable bonds is 2. The van der Waals surface area contributed by atoms with E-state index in [0.29, 0.717) is 6.04 Å². The van der Waals surface area contributed by atoms with Crippen LogP contribution in [0.1, 0.15) is 38.1 Å². The van der Waals surface area contributed by atoms with Crippen molar-refractivity contribution in [3.05, 3.63) is 12.2 Å². The van der Waals surface area contributed by atoms with Crippen LogP contribution in [0.25, 0.3) is 11.2 Å². The first-order chi connectivity index (χ1) is 9.56. The second-order valence-corrected chi connectivity index (χ2v) is 5.80. The minimum absolute atomic E-state index is 0.00479. The van der Waals surface area contributed by atoms with E-state index >= 15 is 0 Å². The molecule has 104 valence electrons. The Morgan fingerprint density at radius 3 is 2.95 bits per heavy atom. The summed E-state index contributed by atoms with van der Waals surface area (Å²) in [6.07, 6.45) is 10.6. The Hall–Kier alpha value is -2.09. The molecule has 20 heavy (non-hydrogen) atoms. The van der Waals surface area contributed by atoms with E-state index < -0.39 is 0 Å². The molecule has 1 aliphatic carbocycles. The maximum absolute atomic E-state index is 5.66. The van der Waals surface area contributed by atoms with Gasteiger partial charge in [-0.2, -0.15) is 0 Å². The van der Waals surface area contributed by atoms with Crippen LogP contribution in [0.3, 0.4) is 0 Å². The smallest absolute Gasteiger partial charge is 0.166 e. The van der Waals surface area contributed by atoms with Gasteiger partial charge >= 0.3 is 0 Å². The minimum Gasteiger partial charge on any atom is -0.371 e. The largest absolute Gasteiger partial charge is 0.371 e. The summed E-state index contributed by atoms with van der Waals surface area (Å²) in [6, 6.07) is 0.375. The van der Waals surface area contributed by atoms with E-state index in [9.17, 15) is 0 Å². The number of nitrogens with zero attached hydrogens (tertiary/aromatic N) is 4. The quantitative estimate of drug-likeness (QED) is 0.851. The van der Waals surface area contributed by atoms with Crippen LogP contribution in [0, 0.1) is 24.7 Å². The fourth-order valence-corrected chi connectivity index (χ4v) is 3.04. The molecule has 2 aromatic heterocycles. The maximum Gasteiger partial charge on any atom is 0.166 e. The molecule has 2 atom stereocenters. The molecule has 2 heterocycles. The van der Waals surface area contributed by atoms with E-state index in [1.807, 2.05) is 20.3 Å². The molecule has 0 spiro atoms. The van der Waals surface area contributed by atoms with Crippen molar-refractivity contribution in [1.29, 1.82) is 0 Å². The number of hydrogen-bond donors (Lipinski definition) is 1. The molecule has 0 aromatic carbocycles. The maximum atomic E-state index is 5.66. The van der Waals surface area contributed by atoms with Gasteiger partial charge in [-0.05, 0) is 33.1 Å². The van der Waals surface area contributed by atoms with Gasteiger partial charge in [0.2, 0.25) is 0 Å². The fraction of sp³-hybridized carbons (Fsp3) is 0.533. The van der Waals surface area contributed by atoms with Crippen molar-refractivity contribution in [2.75, 3.05) is 12.4 Å². The number of aromatic nitrogens is 4. The summed E-state index contributed by atoms with van der Waals surface area (Å²) < 4.78 is 2.16. The van der Waals surface area contributed by atoms with E-state index in [0.717, 1.165) is 42.1 Å². The molecule has 1 saturated carbocycles. The first-order valence-corrected chi connectivity index (χ1v) is 6.93. The lowest BCUT2D eigenvalue weighted by Crippen LogP contribution is -2.11. The van der Waals surface area contributed by atoms with Gasteiger partial charge in [0.05, 0.1) is 6.33 Å². The van der Waals surface area contributed by atoms with E-state index in [4.69, 9.17) is 6.42 Å². The Morgan fingerprint density at radius 1 is 1.50 bits per heavy atom. The van der Waals surface area contributed by atoms with Crippen LogP contribution in [0.15, 0.2) is 6.33 Å². The highest BCUT2D eigenvalue weighted by atomic mass is 15.2. The first-order valence-electron chi connectivity index (χ1n) is 6.93. The Morgan fingerprint density at radius 2 is 2.30 bits per heavy atom. The molecule has 1 fully saturated rings. The van der Waals surface area contributed by atoms with Crippen molar-refractivity contribution in [1.82, 2.24) is 19.5 Å². The van der Waals surface area contributed by atoms with Crippen LogP contribution in [0.4, 0.5) is 5.82 Å². The first kappa shape index (κ1) is 12.9. The molecule has 0 radical (unpaired) electrons. The predicted octanol–water partition coefficient (Wildman–Crippen LogP) is 2.54. The number of imidazole rings is 1. The average molecular weight is 269 g/mol. The molecule has 0 amide bonds. The van der Waals surface area contributed by atoms with Crippen LogP contribution < -0.4 is 5.32 Å². The molecule has 2 aromatic rings. The third-order valence-electron chi connectivity index (χ3n) is 4.23. The van der Waals surface area contributed by atoms with Gasteiger partial charge < -0.3 is 9.88 Å². The highest BCUT2D eigenvalue weighted by Crippen LogP contribution is 2.44. The number of terminal acetylenes is 1. The zero-order valence-electron chi connectivity index (χ0n) is 12.1. The SMILES string of the molecule is C#CC1(C)CCC(n2cnc3c(NC)nc(C)nc32)C1. The molecule has 3 rings (SSSR count). The summed E-state index contributed by atoms with van der Waals surface area (Å²) in [5, 5.41) is 3.08. The Kier molecular flexibility index (Phi) is 2.89. The molecule has 2 unspecified atom stereocenters. The lowest BCUT2D eigenvalue weighted by molar-refractivity contribution is 0.431. The summed E-state index contributed by atoms with van der Waals surface area (Å²) in [5.74, 6) is 4.47. The lowest BCUT2D eigenvalue weighted by Gasteiger charge is -2.17. The fourth-order valence-electron chi connectivity index (χ4n) is 3.04. The highest BCUT2D eigenvalue weighted by molar-refractivity contribution is 5.83. The molecule has 1 aliphatic rings. The number of nitrogens with one attached hydrogen (secondary N) is 1. The van der Waals surface area contributed by atoms with E-state index in [1.54, 1.807) is 0 Å². The van der Waals surface area contributed by atoms with Crippen LogP contribution >= 0.6 is 0 Å². The third-order valence-corrected chi connectivity index (χ3v) is 4.23. The van der Waals surface area contributed by atoms with Gasteiger partial charge in [-0.3, -0.25) is 0 Å². The zero-order chi connectivity index (χ0) is 14.3. The van der Waals surface area contributed by atoms with Crippen LogP contribution in [-0.4, -0.2) is 26.6 Å². The van der Waals surface area contributed by atoms with E-state index in [2.05, 4.69) is 37.7 Å². The summed E-state index contributed by atoms with van der Waals surface area (Å²) in [7, 11) is 1.85. The Bertz CT molecular complexity index is 696. The highest BCUT2D eigenvalue weighted by Gasteiger charge is 2.35. The minimum atomic E-state index is -0.00479. The van der Waals surface area contributed by atoms with Gasteiger partial charge in [0, 0.05) is 18.5 Å². The lowest BCUT2D eigenvalue weighted by atomic mass is 9.90. The summed E-state index contributed by atoms with van der Waals surface area (Å²) in [4.78, 5) is 13.4. The molecule has 5 nitrogen and oxygen atoms in total. The zero-order valence-corrected chi connectivity index (χ0v) is 12.1. The summed E-state index contributed by atoms with van der Waals surface area (Å²) in [6.45, 7) is 4.06. The second-order valence-electron chi connectivity index (χ2n) is 5.80. The van der Waals surface area contributed by atoms with Gasteiger partial charge in [-0.25, -0.2) is 15.0 Å². The normalized spacial score (nSPS) is 25.8. The van der Waals surface area contributed by atoms with Gasteiger partial charge in [0.15, 0.2) is 11.5 Å². The van der Waals surface area contributed by atoms with Crippen molar-refractivity contribution in [3.63, 3.8) is 0 Å². The number of anilines is 1. The van der Waals surface area contributed by atoms with Crippen molar-refractivity contribution in [2.24, 2.45) is 5.41 Å². The number of fused-ring (bicyclic) bond motifs is 1. The Labute approximate surface area is 118 Å². The molecule has 0 saturated heterocycles. The van der Waals surface area contributed by atoms with E-state index in [1.165, 1.54) is 0 Å². The molecule has 0 aliphatic heterocycles. The standard InChI is InChI=1S/C15H19N5/c1-5-15(3)7-6-11(8-15)20-9-17-12-13(16-4)18-10(2)19-14(12)20/h1,9,11H,6-8H2,2-4H3,(H,16,18,19). The molecular formula is C15H19N5. The summed E-state index contributed by atoms with van der Waals surface area (Å²) >= 11 is 0. The van der Waals surface area contributed by atoms with E-state index in [-0.39, 0.29) is 5.41 Å². The molecule has 5 heteroatoms. The van der Waals surface area contributed by atoms with Crippen LogP contribution in [-0.2, 0) is 0 Å². The van der Waals surface area contributed by atoms with Crippen molar-refractivity contribution in [3.8, 4) is 12.3 Å². The molecule has 0 bridgehead atoms. The van der Waals surface area contributed by atoms with Crippen molar-refractivity contribution >= 4 is 17.0 Å². The monoisotopic (exact) mass is 269 g/mol. The van der Waals surface area contributed by atoms with Gasteiger partial charge in [-0.15, -0.1) is 12.3 Å². The molecular weight excluding hydrogens is 250 g/mol. The van der Waals surface area contributed by atoms with Crippen molar-refractivity contribution in [2.45, 2.75) is 39.2 Å². The van der Waals surface area contributed by atoms with Crippen molar-refractivity contribution < 1.29 is 0 Å². The Balaban J connectivity index is 2.06. The topological polar surface area (TPSA) is 55.6 Å². The third kappa shape index (κ3) is 1.92. The number of hydrogen-bond acceptors (Lipinski definition) is 4. The number of aryl methyl sites for hydroxylation is 1. The van der Waals surface area contributed by atoms with Crippen LogP contribution in [0.5, 0.6) is 0 Å². The average Bonchev–Trinajstić information content (AvgIpc) is 3.02. The van der Waals surface area contributed by atoms with Gasteiger partial charge in [0.25, 0.3) is 0 Å². The molecule has 1 N–H and O–H groups in total. The van der Waals surface area contributed by atoms with Gasteiger partial charge in [0.1, 0.15) is 11.3 Å². The van der Waals surface area contributed by atoms with Crippen LogP contribution in [0.2, 0.25) is 0 Å². The predicted molar refractivity (Wildman–Crippen MR) is 79.4 cm³/mol. The second kappa shape index (κ2) is 4.48. The summed E-state index contributed by atoms with van der Waals surface area (Å²) in [5.41, 5.74) is 1.72.